The van der Waals surface area contributed by atoms with Gasteiger partial charge in [0.1, 0.15) is 12.4 Å². The van der Waals surface area contributed by atoms with E-state index in [1.54, 1.807) is 0 Å². The molecule has 5 N–H and O–H groups in total. The minimum absolute atomic E-state index is 0.306. The lowest BCUT2D eigenvalue weighted by Crippen LogP contribution is -2.49. The third kappa shape index (κ3) is 5.40. The Balaban J connectivity index is 2.44. The molecule has 7 heteroatoms. The van der Waals surface area contributed by atoms with Crippen molar-refractivity contribution in [3.05, 3.63) is 71.8 Å². The summed E-state index contributed by atoms with van der Waals surface area (Å²) in [4.78, 5) is 27.0. The minimum atomic E-state index is -0.830. The van der Waals surface area contributed by atoms with E-state index in [4.69, 9.17) is 11.6 Å². The van der Waals surface area contributed by atoms with Gasteiger partial charge in [0, 0.05) is 0 Å². The van der Waals surface area contributed by atoms with Crippen LogP contribution in [0.25, 0.3) is 0 Å². The molecule has 0 aliphatic carbocycles. The summed E-state index contributed by atoms with van der Waals surface area (Å²) in [6.07, 6.45) is 2.27. The highest BCUT2D eigenvalue weighted by Crippen LogP contribution is 2.27. The van der Waals surface area contributed by atoms with Crippen molar-refractivity contribution in [3.8, 4) is 0 Å². The fourth-order valence-corrected chi connectivity index (χ4v) is 3.17. The van der Waals surface area contributed by atoms with E-state index in [9.17, 15) is 9.59 Å². The first-order chi connectivity index (χ1) is 13.6. The number of nitrogens with two attached hydrogens (primary N) is 2. The van der Waals surface area contributed by atoms with E-state index in [0.29, 0.717) is 19.4 Å². The summed E-state index contributed by atoms with van der Waals surface area (Å²) < 4.78 is 0. The maximum Gasteiger partial charge on any atom is 0.240 e. The summed E-state index contributed by atoms with van der Waals surface area (Å²) in [6, 6.07) is 18.0. The van der Waals surface area contributed by atoms with E-state index in [2.05, 4.69) is 10.4 Å². The molecule has 0 heterocycles. The molecule has 0 aliphatic heterocycles. The zero-order valence-electron chi connectivity index (χ0n) is 16.0. The van der Waals surface area contributed by atoms with Gasteiger partial charge in [0.05, 0.1) is 5.92 Å². The molecule has 28 heavy (non-hydrogen) atoms. The van der Waals surface area contributed by atoms with Crippen LogP contribution in [-0.2, 0) is 9.59 Å². The van der Waals surface area contributed by atoms with Gasteiger partial charge < -0.3 is 16.9 Å². The molecule has 0 saturated heterocycles. The van der Waals surface area contributed by atoms with Crippen molar-refractivity contribution in [2.75, 3.05) is 13.6 Å². The Hall–Kier alpha value is -3.19. The van der Waals surface area contributed by atoms with E-state index in [1.807, 2.05) is 67.7 Å². The molecule has 0 spiro atoms. The largest absolute Gasteiger partial charge is 0.368 e. The first-order valence-electron chi connectivity index (χ1n) is 9.19. The number of carbonyl (C=O) groups excluding carboxylic acids is 2. The number of nitrogens with zero attached hydrogens (tertiary/aromatic N) is 2. The van der Waals surface area contributed by atoms with Crippen LogP contribution in [0.4, 0.5) is 0 Å². The molecular formula is C21H27N5O2. The molecule has 2 rings (SSSR count). The molecule has 0 aromatic heterocycles. The molecule has 7 nitrogen and oxygen atoms in total. The Labute approximate surface area is 165 Å². The summed E-state index contributed by atoms with van der Waals surface area (Å²) in [7, 11) is 1.82. The van der Waals surface area contributed by atoms with Crippen molar-refractivity contribution in [2.24, 2.45) is 16.7 Å². The van der Waals surface area contributed by atoms with Crippen molar-refractivity contribution in [1.82, 2.24) is 10.2 Å². The first kappa shape index (κ1) is 21.1. The van der Waals surface area contributed by atoms with Crippen LogP contribution in [0.2, 0.25) is 0 Å². The summed E-state index contributed by atoms with van der Waals surface area (Å²) >= 11 is 0. The zero-order valence-corrected chi connectivity index (χ0v) is 16.0. The highest BCUT2D eigenvalue weighted by atomic mass is 16.2. The van der Waals surface area contributed by atoms with Crippen LogP contribution < -0.4 is 16.9 Å². The van der Waals surface area contributed by atoms with Crippen molar-refractivity contribution in [2.45, 2.75) is 24.8 Å². The van der Waals surface area contributed by atoms with Gasteiger partial charge in [-0.2, -0.15) is 5.10 Å². The highest BCUT2D eigenvalue weighted by Gasteiger charge is 2.33. The standard InChI is InChI=1S/C21H27N5O2/c1-24-14-8-13-18(20(22)27)26(15-25-23)21(28)19(16-9-4-2-5-10-16)17-11-6-3-7-12-17/h2-7,9-12,15,18-19,24H,8,13-14,23H2,1H3,(H2,22,27)/t18-/m0/s1. The first-order valence-corrected chi connectivity index (χ1v) is 9.19. The van der Waals surface area contributed by atoms with E-state index >= 15 is 0 Å². The van der Waals surface area contributed by atoms with Gasteiger partial charge in [0.15, 0.2) is 0 Å². The van der Waals surface area contributed by atoms with Crippen LogP contribution in [0, 0.1) is 0 Å². The molecule has 0 unspecified atom stereocenters. The fraction of sp³-hybridized carbons (Fsp3) is 0.286. The van der Waals surface area contributed by atoms with E-state index < -0.39 is 17.9 Å². The molecule has 0 aliphatic rings. The summed E-state index contributed by atoms with van der Waals surface area (Å²) in [5, 5.41) is 6.54. The van der Waals surface area contributed by atoms with Gasteiger partial charge in [0.25, 0.3) is 0 Å². The van der Waals surface area contributed by atoms with Gasteiger partial charge in [-0.3, -0.25) is 14.5 Å². The SMILES string of the molecule is CNCCC[C@@H](C(N)=O)N(C=NN)C(=O)C(c1ccccc1)c1ccccc1. The van der Waals surface area contributed by atoms with Crippen molar-refractivity contribution in [1.29, 1.82) is 0 Å². The third-order valence-electron chi connectivity index (χ3n) is 4.53. The van der Waals surface area contributed by atoms with Crippen molar-refractivity contribution >= 4 is 18.2 Å². The lowest BCUT2D eigenvalue weighted by Gasteiger charge is -2.29. The van der Waals surface area contributed by atoms with Crippen LogP contribution in [0.15, 0.2) is 65.8 Å². The zero-order chi connectivity index (χ0) is 20.4. The monoisotopic (exact) mass is 381 g/mol. The molecule has 0 saturated carbocycles. The second kappa shape index (κ2) is 10.8. The average molecular weight is 381 g/mol. The normalized spacial score (nSPS) is 12.2. The lowest BCUT2D eigenvalue weighted by atomic mass is 9.89. The Morgan fingerprint density at radius 2 is 1.61 bits per heavy atom. The smallest absolute Gasteiger partial charge is 0.240 e. The summed E-state index contributed by atoms with van der Waals surface area (Å²) in [6.45, 7) is 0.701. The number of benzene rings is 2. The topological polar surface area (TPSA) is 114 Å². The number of primary amides is 1. The van der Waals surface area contributed by atoms with Crippen molar-refractivity contribution < 1.29 is 9.59 Å². The Kier molecular flexibility index (Phi) is 8.17. The molecule has 2 aromatic carbocycles. The summed E-state index contributed by atoms with van der Waals surface area (Å²) in [5.74, 6) is 3.84. The lowest BCUT2D eigenvalue weighted by molar-refractivity contribution is -0.135. The summed E-state index contributed by atoms with van der Waals surface area (Å²) in [5.41, 5.74) is 7.23. The predicted molar refractivity (Wildman–Crippen MR) is 110 cm³/mol. The van der Waals surface area contributed by atoms with E-state index in [1.165, 1.54) is 11.2 Å². The van der Waals surface area contributed by atoms with Gasteiger partial charge >= 0.3 is 0 Å². The number of hydrogen-bond donors (Lipinski definition) is 3. The highest BCUT2D eigenvalue weighted by molar-refractivity contribution is 5.99. The average Bonchev–Trinajstić information content (AvgIpc) is 2.71. The van der Waals surface area contributed by atoms with Crippen LogP contribution in [-0.4, -0.2) is 42.7 Å². The molecule has 0 radical (unpaired) electrons. The van der Waals surface area contributed by atoms with Crippen LogP contribution >= 0.6 is 0 Å². The number of hydrogen-bond acceptors (Lipinski definition) is 5. The number of nitrogens with one attached hydrogen (secondary N) is 1. The van der Waals surface area contributed by atoms with Crippen LogP contribution in [0.1, 0.15) is 29.9 Å². The van der Waals surface area contributed by atoms with Gasteiger partial charge in [-0.1, -0.05) is 60.7 Å². The van der Waals surface area contributed by atoms with E-state index in [-0.39, 0.29) is 5.91 Å². The molecule has 2 amide bonds. The second-order valence-electron chi connectivity index (χ2n) is 6.43. The molecule has 2 aromatic rings. The van der Waals surface area contributed by atoms with Gasteiger partial charge in [-0.15, -0.1) is 0 Å². The van der Waals surface area contributed by atoms with Crippen LogP contribution in [0.3, 0.4) is 0 Å². The second-order valence-corrected chi connectivity index (χ2v) is 6.43. The van der Waals surface area contributed by atoms with E-state index in [0.717, 1.165) is 11.1 Å². The molecule has 148 valence electrons. The quantitative estimate of drug-likeness (QED) is 0.190. The van der Waals surface area contributed by atoms with Gasteiger partial charge in [-0.25, -0.2) is 0 Å². The number of hydrazone groups is 1. The van der Waals surface area contributed by atoms with Crippen molar-refractivity contribution in [3.63, 3.8) is 0 Å². The Bertz CT molecular complexity index is 740. The maximum absolute atomic E-state index is 13.6. The minimum Gasteiger partial charge on any atom is -0.368 e. The number of amides is 2. The van der Waals surface area contributed by atoms with Crippen LogP contribution in [0.5, 0.6) is 0 Å². The molecule has 0 fully saturated rings. The number of rotatable bonds is 10. The number of carbonyl (C=O) groups is 2. The Morgan fingerprint density at radius 3 is 2.04 bits per heavy atom. The predicted octanol–water partition coefficient (Wildman–Crippen LogP) is 1.40. The van der Waals surface area contributed by atoms with Gasteiger partial charge in [-0.05, 0) is 37.6 Å². The molecule has 0 bridgehead atoms. The van der Waals surface area contributed by atoms with Gasteiger partial charge in [0.2, 0.25) is 11.8 Å². The molecular weight excluding hydrogens is 354 g/mol. The molecule has 1 atom stereocenters. The maximum atomic E-state index is 13.6. The Morgan fingerprint density at radius 1 is 1.07 bits per heavy atom. The third-order valence-corrected chi connectivity index (χ3v) is 4.53. The fourth-order valence-electron chi connectivity index (χ4n) is 3.17.